The molecule has 19 heavy (non-hydrogen) atoms. The van der Waals surface area contributed by atoms with Crippen molar-refractivity contribution in [2.45, 2.75) is 31.9 Å². The van der Waals surface area contributed by atoms with Crippen LogP contribution in [-0.2, 0) is 0 Å². The van der Waals surface area contributed by atoms with Gasteiger partial charge in [-0.3, -0.25) is 0 Å². The van der Waals surface area contributed by atoms with Gasteiger partial charge in [-0.15, -0.1) is 0 Å². The largest absolute Gasteiger partial charge is 0.389 e. The minimum Gasteiger partial charge on any atom is -0.389 e. The van der Waals surface area contributed by atoms with Crippen molar-refractivity contribution in [2.75, 3.05) is 32.1 Å². The molecule has 2 atom stereocenters. The first kappa shape index (κ1) is 14.8. The predicted octanol–water partition coefficient (Wildman–Crippen LogP) is 3.03. The summed E-state index contributed by atoms with van der Waals surface area (Å²) < 4.78 is 1.02. The lowest BCUT2D eigenvalue weighted by atomic mass is 10.0. The molecule has 0 amide bonds. The molecule has 1 saturated heterocycles. The number of likely N-dealkylation sites (N-methyl/N-ethyl adjacent to an activating group) is 1. The number of hydrogen-bond donors (Lipinski definition) is 1. The Morgan fingerprint density at radius 1 is 1.42 bits per heavy atom. The fraction of sp³-hybridized carbons (Fsp3) is 0.600. The van der Waals surface area contributed by atoms with E-state index in [-0.39, 0.29) is 0 Å². The molecule has 0 radical (unpaired) electrons. The lowest BCUT2D eigenvalue weighted by Gasteiger charge is -2.38. The van der Waals surface area contributed by atoms with E-state index >= 15 is 0 Å². The van der Waals surface area contributed by atoms with Crippen LogP contribution in [0.25, 0.3) is 0 Å². The van der Waals surface area contributed by atoms with Crippen LogP contribution >= 0.6 is 15.9 Å². The lowest BCUT2D eigenvalue weighted by Crippen LogP contribution is -2.45. The van der Waals surface area contributed by atoms with Crippen molar-refractivity contribution in [1.82, 2.24) is 4.90 Å². The van der Waals surface area contributed by atoms with E-state index in [0.717, 1.165) is 23.1 Å². The molecule has 0 aromatic heterocycles. The third-order valence-electron chi connectivity index (χ3n) is 3.91. The molecule has 1 aromatic rings. The zero-order valence-corrected chi connectivity index (χ0v) is 13.5. The van der Waals surface area contributed by atoms with E-state index in [9.17, 15) is 5.11 Å². The van der Waals surface area contributed by atoms with Crippen molar-refractivity contribution >= 4 is 21.6 Å². The van der Waals surface area contributed by atoms with Crippen LogP contribution in [0.3, 0.4) is 0 Å². The van der Waals surface area contributed by atoms with Gasteiger partial charge in [0.2, 0.25) is 0 Å². The fourth-order valence-corrected chi connectivity index (χ4v) is 3.12. The summed E-state index contributed by atoms with van der Waals surface area (Å²) in [5, 5.41) is 9.98. The molecule has 0 saturated carbocycles. The topological polar surface area (TPSA) is 26.7 Å². The summed E-state index contributed by atoms with van der Waals surface area (Å²) in [4.78, 5) is 4.70. The Labute approximate surface area is 124 Å². The van der Waals surface area contributed by atoms with E-state index in [2.05, 4.69) is 52.0 Å². The van der Waals surface area contributed by atoms with Gasteiger partial charge in [0.25, 0.3) is 0 Å². The van der Waals surface area contributed by atoms with Gasteiger partial charge < -0.3 is 14.9 Å². The second-order valence-electron chi connectivity index (χ2n) is 5.58. The molecule has 4 heteroatoms. The second-order valence-corrected chi connectivity index (χ2v) is 6.50. The third-order valence-corrected chi connectivity index (χ3v) is 4.40. The monoisotopic (exact) mass is 326 g/mol. The summed E-state index contributed by atoms with van der Waals surface area (Å²) in [5.74, 6) is 0. The zero-order chi connectivity index (χ0) is 14.0. The maximum Gasteiger partial charge on any atom is 0.0782 e. The minimum absolute atomic E-state index is 0.438. The van der Waals surface area contributed by atoms with Crippen molar-refractivity contribution in [1.29, 1.82) is 0 Å². The zero-order valence-electron chi connectivity index (χ0n) is 11.9. The normalized spacial score (nSPS) is 21.8. The number of halogens is 1. The molecule has 2 unspecified atom stereocenters. The maximum atomic E-state index is 9.98. The first-order valence-electron chi connectivity index (χ1n) is 6.88. The average Bonchev–Trinajstić information content (AvgIpc) is 2.38. The highest BCUT2D eigenvalue weighted by atomic mass is 79.9. The minimum atomic E-state index is -0.438. The predicted molar refractivity (Wildman–Crippen MR) is 83.7 cm³/mol. The van der Waals surface area contributed by atoms with Gasteiger partial charge in [0.1, 0.15) is 0 Å². The molecule has 0 spiro atoms. The van der Waals surface area contributed by atoms with Gasteiger partial charge in [-0.2, -0.15) is 0 Å². The smallest absolute Gasteiger partial charge is 0.0782 e. The molecule has 0 bridgehead atoms. The van der Waals surface area contributed by atoms with Crippen LogP contribution in [0.1, 0.15) is 31.4 Å². The van der Waals surface area contributed by atoms with Crippen LogP contribution in [-0.4, -0.2) is 43.2 Å². The number of aliphatic hydroxyl groups excluding tert-OH is 1. The summed E-state index contributed by atoms with van der Waals surface area (Å²) in [6.07, 6.45) is 2.02. The molecular formula is C15H23BrN2O. The van der Waals surface area contributed by atoms with Crippen LogP contribution in [0.5, 0.6) is 0 Å². The van der Waals surface area contributed by atoms with Gasteiger partial charge in [0.15, 0.2) is 0 Å². The van der Waals surface area contributed by atoms with Gasteiger partial charge in [-0.1, -0.05) is 15.9 Å². The highest BCUT2D eigenvalue weighted by Crippen LogP contribution is 2.31. The van der Waals surface area contributed by atoms with E-state index < -0.39 is 6.10 Å². The molecule has 1 fully saturated rings. The Kier molecular flexibility index (Phi) is 4.87. The summed E-state index contributed by atoms with van der Waals surface area (Å²) in [7, 11) is 4.29. The van der Waals surface area contributed by atoms with E-state index in [1.165, 1.54) is 18.5 Å². The van der Waals surface area contributed by atoms with Crippen LogP contribution < -0.4 is 4.90 Å². The van der Waals surface area contributed by atoms with Crippen LogP contribution in [0, 0.1) is 0 Å². The van der Waals surface area contributed by atoms with Crippen LogP contribution in [0.4, 0.5) is 5.69 Å². The molecule has 3 nitrogen and oxygen atoms in total. The van der Waals surface area contributed by atoms with Crippen LogP contribution in [0.2, 0.25) is 0 Å². The van der Waals surface area contributed by atoms with Gasteiger partial charge in [-0.25, -0.2) is 0 Å². The lowest BCUT2D eigenvalue weighted by molar-refractivity contribution is 0.199. The molecule has 1 aromatic carbocycles. The van der Waals surface area contributed by atoms with Gasteiger partial charge in [0.05, 0.1) is 6.10 Å². The quantitative estimate of drug-likeness (QED) is 0.924. The molecule has 1 aliphatic heterocycles. The number of aliphatic hydroxyl groups is 1. The first-order valence-corrected chi connectivity index (χ1v) is 7.67. The molecule has 0 aliphatic carbocycles. The Morgan fingerprint density at radius 3 is 2.79 bits per heavy atom. The van der Waals surface area contributed by atoms with E-state index in [1.807, 2.05) is 13.0 Å². The second kappa shape index (κ2) is 6.25. The first-order chi connectivity index (χ1) is 8.99. The molecule has 2 rings (SSSR count). The Balaban J connectivity index is 2.25. The molecular weight excluding hydrogens is 304 g/mol. The van der Waals surface area contributed by atoms with Crippen molar-refractivity contribution in [3.05, 3.63) is 28.2 Å². The summed E-state index contributed by atoms with van der Waals surface area (Å²) in [5.41, 5.74) is 2.18. The number of rotatable bonds is 3. The average molecular weight is 327 g/mol. The Bertz CT molecular complexity index is 434. The number of anilines is 1. The summed E-state index contributed by atoms with van der Waals surface area (Å²) in [6.45, 7) is 3.94. The highest BCUT2D eigenvalue weighted by Gasteiger charge is 2.23. The van der Waals surface area contributed by atoms with Crippen molar-refractivity contribution < 1.29 is 5.11 Å². The molecule has 1 heterocycles. The third kappa shape index (κ3) is 3.50. The molecule has 1 aliphatic rings. The Morgan fingerprint density at radius 2 is 2.16 bits per heavy atom. The Hall–Kier alpha value is -0.580. The number of benzene rings is 1. The van der Waals surface area contributed by atoms with E-state index in [1.54, 1.807) is 0 Å². The highest BCUT2D eigenvalue weighted by molar-refractivity contribution is 9.10. The van der Waals surface area contributed by atoms with E-state index in [4.69, 9.17) is 0 Å². The number of piperidine rings is 1. The number of hydrogen-bond acceptors (Lipinski definition) is 3. The SMILES string of the molecule is CC(O)c1cc(Br)ccc1N1CCCC(N(C)C)C1. The van der Waals surface area contributed by atoms with Crippen molar-refractivity contribution in [3.8, 4) is 0 Å². The van der Waals surface area contributed by atoms with Gasteiger partial charge in [0, 0.05) is 34.9 Å². The van der Waals surface area contributed by atoms with E-state index in [0.29, 0.717) is 6.04 Å². The number of nitrogens with zero attached hydrogens (tertiary/aromatic N) is 2. The summed E-state index contributed by atoms with van der Waals surface area (Å²) in [6, 6.07) is 6.79. The molecule has 1 N–H and O–H groups in total. The van der Waals surface area contributed by atoms with Gasteiger partial charge >= 0.3 is 0 Å². The molecule has 106 valence electrons. The maximum absolute atomic E-state index is 9.98. The van der Waals surface area contributed by atoms with Crippen molar-refractivity contribution in [3.63, 3.8) is 0 Å². The standard InChI is InChI=1S/C15H23BrN2O/c1-11(19)14-9-12(16)6-7-15(14)18-8-4-5-13(10-18)17(2)3/h6-7,9,11,13,19H,4-5,8,10H2,1-3H3. The fourth-order valence-electron chi connectivity index (χ4n) is 2.74. The van der Waals surface area contributed by atoms with Crippen molar-refractivity contribution in [2.24, 2.45) is 0 Å². The summed E-state index contributed by atoms with van der Waals surface area (Å²) >= 11 is 3.49. The van der Waals surface area contributed by atoms with Gasteiger partial charge in [-0.05, 0) is 52.1 Å². The van der Waals surface area contributed by atoms with Crippen LogP contribution in [0.15, 0.2) is 22.7 Å².